The van der Waals surface area contributed by atoms with Crippen LogP contribution in [-0.4, -0.2) is 34.7 Å². The molecule has 2 aromatic heterocycles. The summed E-state index contributed by atoms with van der Waals surface area (Å²) in [6, 6.07) is 11.9. The van der Waals surface area contributed by atoms with E-state index in [-0.39, 0.29) is 15.7 Å². The molecule has 0 aliphatic carbocycles. The van der Waals surface area contributed by atoms with Gasteiger partial charge in [-0.05, 0) is 5.16 Å². The van der Waals surface area contributed by atoms with Gasteiger partial charge in [0.1, 0.15) is 12.2 Å². The number of quaternary nitrogens is 1. The lowest BCUT2D eigenvalue weighted by atomic mass is 9.91. The lowest BCUT2D eigenvalue weighted by Crippen LogP contribution is -2.50. The van der Waals surface area contributed by atoms with Crippen molar-refractivity contribution in [2.75, 3.05) is 18.8 Å². The minimum Gasteiger partial charge on any atom is -0.374 e. The molecule has 3 heterocycles. The first-order valence-electron chi connectivity index (χ1n) is 8.73. The molecule has 0 radical (unpaired) electrons. The van der Waals surface area contributed by atoms with E-state index in [1.165, 1.54) is 0 Å². The highest BCUT2D eigenvalue weighted by molar-refractivity contribution is 5.99. The van der Waals surface area contributed by atoms with Crippen LogP contribution in [-0.2, 0) is 0 Å². The van der Waals surface area contributed by atoms with Crippen molar-refractivity contribution in [1.29, 1.82) is 0 Å². The molecule has 1 aliphatic rings. The number of hydrogen-bond acceptors (Lipinski definition) is 7. The molecule has 1 aliphatic heterocycles. The van der Waals surface area contributed by atoms with Crippen LogP contribution < -0.4 is 16.0 Å². The largest absolute Gasteiger partial charge is 0.374 e. The number of aliphatic imine (C=N–C) groups is 1. The van der Waals surface area contributed by atoms with E-state index in [4.69, 9.17) is 21.1 Å². The summed E-state index contributed by atoms with van der Waals surface area (Å²) in [4.78, 5) is 9.29. The van der Waals surface area contributed by atoms with E-state index in [2.05, 4.69) is 29.1 Å². The second-order valence-corrected chi connectivity index (χ2v) is 7.51. The molecule has 8 nitrogen and oxygen atoms in total. The maximum absolute atomic E-state index is 6.08. The van der Waals surface area contributed by atoms with Gasteiger partial charge in [0.2, 0.25) is 6.34 Å². The number of nitrogens with two attached hydrogens (primary N) is 2. The number of aromatic nitrogens is 3. The molecule has 0 amide bonds. The summed E-state index contributed by atoms with van der Waals surface area (Å²) in [5.74, 6) is 0.740. The number of nitrogen functional groups attached to an aromatic ring is 1. The number of hydrogen-bond donors (Lipinski definition) is 2. The van der Waals surface area contributed by atoms with E-state index in [1.807, 2.05) is 42.7 Å². The van der Waals surface area contributed by atoms with Crippen molar-refractivity contribution in [2.45, 2.75) is 13.8 Å². The first-order valence-corrected chi connectivity index (χ1v) is 8.73. The molecular weight excluding hydrogens is 342 g/mol. The first-order chi connectivity index (χ1) is 13.0. The zero-order valence-corrected chi connectivity index (χ0v) is 15.3. The predicted molar refractivity (Wildman–Crippen MR) is 106 cm³/mol. The molecule has 0 bridgehead atoms. The molecule has 1 atom stereocenters. The molecule has 3 aromatic rings. The van der Waals surface area contributed by atoms with Crippen molar-refractivity contribution in [1.82, 2.24) is 19.8 Å². The van der Waals surface area contributed by atoms with Crippen LogP contribution in [0.25, 0.3) is 11.3 Å². The fraction of sp³-hybridized carbons (Fsp3) is 0.263. The number of pyridine rings is 1. The molecule has 27 heavy (non-hydrogen) atoms. The Morgan fingerprint density at radius 1 is 1.11 bits per heavy atom. The number of fused-ring (bicyclic) bond motifs is 1. The highest BCUT2D eigenvalue weighted by Crippen LogP contribution is 2.49. The molecule has 0 saturated carbocycles. The molecule has 138 valence electrons. The van der Waals surface area contributed by atoms with Crippen molar-refractivity contribution in [3.63, 3.8) is 0 Å². The van der Waals surface area contributed by atoms with Gasteiger partial charge in [-0.15, -0.1) is 0 Å². The summed E-state index contributed by atoms with van der Waals surface area (Å²) in [5.41, 5.74) is 15.4. The summed E-state index contributed by atoms with van der Waals surface area (Å²) in [6.45, 7) is 5.30. The van der Waals surface area contributed by atoms with Gasteiger partial charge in [-0.1, -0.05) is 44.2 Å². The number of rotatable bonds is 5. The van der Waals surface area contributed by atoms with Crippen LogP contribution in [0, 0.1) is 5.41 Å². The predicted octanol–water partition coefficient (Wildman–Crippen LogP) is 3.01. The van der Waals surface area contributed by atoms with E-state index < -0.39 is 0 Å². The van der Waals surface area contributed by atoms with Gasteiger partial charge in [0.05, 0.1) is 0 Å². The molecule has 1 aromatic carbocycles. The van der Waals surface area contributed by atoms with Crippen molar-refractivity contribution < 1.29 is 4.63 Å². The maximum Gasteiger partial charge on any atom is 0.322 e. The van der Waals surface area contributed by atoms with E-state index in [9.17, 15) is 0 Å². The van der Waals surface area contributed by atoms with Gasteiger partial charge in [0, 0.05) is 34.9 Å². The SMILES string of the molecule is CC(C)(CN)C[N+]1(c2nonc2N)C=Nc2c1ccnc2-c1ccccc1. The van der Waals surface area contributed by atoms with E-state index >= 15 is 0 Å². The third kappa shape index (κ3) is 2.79. The Morgan fingerprint density at radius 3 is 2.56 bits per heavy atom. The topological polar surface area (TPSA) is 116 Å². The Hall–Kier alpha value is -3.10. The first kappa shape index (κ1) is 17.3. The van der Waals surface area contributed by atoms with Crippen LogP contribution in [0.2, 0.25) is 0 Å². The smallest absolute Gasteiger partial charge is 0.322 e. The number of anilines is 1. The summed E-state index contributed by atoms with van der Waals surface area (Å²) in [5, 5.41) is 7.88. The Kier molecular flexibility index (Phi) is 4.01. The molecule has 4 N–H and O–H groups in total. The van der Waals surface area contributed by atoms with Crippen LogP contribution in [0.5, 0.6) is 0 Å². The van der Waals surface area contributed by atoms with Gasteiger partial charge in [-0.3, -0.25) is 4.98 Å². The van der Waals surface area contributed by atoms with Crippen molar-refractivity contribution >= 4 is 29.3 Å². The minimum atomic E-state index is -0.199. The van der Waals surface area contributed by atoms with Crippen molar-refractivity contribution in [2.24, 2.45) is 16.1 Å². The second-order valence-electron chi connectivity index (χ2n) is 7.51. The Labute approximate surface area is 157 Å². The average molecular weight is 364 g/mol. The Balaban J connectivity index is 1.93. The highest BCUT2D eigenvalue weighted by Gasteiger charge is 2.48. The summed E-state index contributed by atoms with van der Waals surface area (Å²) in [6.07, 6.45) is 3.61. The van der Waals surface area contributed by atoms with Gasteiger partial charge in [-0.2, -0.15) is 9.48 Å². The standard InChI is InChI=1S/C19H22N7O/c1-19(2,10-20)11-26(18-17(21)24-27-25-18)12-23-16-14(26)8-9-22-15(16)13-6-4-3-5-7-13/h3-9,12H,10-11,20H2,1-2H3,(H2,21,24)/q+1. The monoisotopic (exact) mass is 364 g/mol. The summed E-state index contributed by atoms with van der Waals surface area (Å²) >= 11 is 0. The van der Waals surface area contributed by atoms with Crippen molar-refractivity contribution in [3.05, 3.63) is 42.6 Å². The fourth-order valence-corrected chi connectivity index (χ4v) is 3.50. The Morgan fingerprint density at radius 2 is 1.89 bits per heavy atom. The number of benzene rings is 1. The zero-order chi connectivity index (χ0) is 19.1. The molecule has 4 rings (SSSR count). The van der Waals surface area contributed by atoms with Crippen LogP contribution in [0.3, 0.4) is 0 Å². The van der Waals surface area contributed by atoms with Gasteiger partial charge < -0.3 is 11.5 Å². The van der Waals surface area contributed by atoms with Gasteiger partial charge >= 0.3 is 5.82 Å². The maximum atomic E-state index is 6.08. The van der Waals surface area contributed by atoms with Gasteiger partial charge in [-0.25, -0.2) is 4.63 Å². The van der Waals surface area contributed by atoms with E-state index in [0.717, 1.165) is 22.6 Å². The summed E-state index contributed by atoms with van der Waals surface area (Å²) in [7, 11) is 0. The van der Waals surface area contributed by atoms with Crippen molar-refractivity contribution in [3.8, 4) is 11.3 Å². The average Bonchev–Trinajstić information content (AvgIpc) is 3.27. The van der Waals surface area contributed by atoms with Gasteiger partial charge in [0.15, 0.2) is 11.4 Å². The molecule has 0 saturated heterocycles. The molecule has 0 fully saturated rings. The molecule has 8 heteroatoms. The van der Waals surface area contributed by atoms with Crippen LogP contribution >= 0.6 is 0 Å². The van der Waals surface area contributed by atoms with Crippen LogP contribution in [0.1, 0.15) is 13.8 Å². The lowest BCUT2D eigenvalue weighted by Gasteiger charge is -2.34. The second kappa shape index (κ2) is 6.26. The van der Waals surface area contributed by atoms with E-state index in [0.29, 0.717) is 18.9 Å². The number of nitrogens with zero attached hydrogens (tertiary/aromatic N) is 5. The molecule has 0 spiro atoms. The fourth-order valence-electron chi connectivity index (χ4n) is 3.50. The molecular formula is C19H22N7O+. The lowest BCUT2D eigenvalue weighted by molar-refractivity contribution is 0.283. The zero-order valence-electron chi connectivity index (χ0n) is 15.3. The third-order valence-electron chi connectivity index (χ3n) is 4.87. The Bertz CT molecular complexity index is 996. The van der Waals surface area contributed by atoms with Gasteiger partial charge in [0.25, 0.3) is 5.82 Å². The van der Waals surface area contributed by atoms with Crippen LogP contribution in [0.15, 0.2) is 52.2 Å². The third-order valence-corrected chi connectivity index (χ3v) is 4.87. The van der Waals surface area contributed by atoms with Crippen LogP contribution in [0.4, 0.5) is 23.0 Å². The summed E-state index contributed by atoms with van der Waals surface area (Å²) < 4.78 is 5.10. The normalized spacial score (nSPS) is 18.6. The highest BCUT2D eigenvalue weighted by atomic mass is 16.6. The minimum absolute atomic E-state index is 0.192. The quantitative estimate of drug-likeness (QED) is 0.672. The molecule has 1 unspecified atom stereocenters. The van der Waals surface area contributed by atoms with E-state index in [1.54, 1.807) is 6.20 Å².